The number of hydrogen-bond donors (Lipinski definition) is 0. The van der Waals surface area contributed by atoms with Crippen LogP contribution in [0.1, 0.15) is 40.0 Å². The summed E-state index contributed by atoms with van der Waals surface area (Å²) in [6, 6.07) is 0. The molecule has 1 amide bonds. The van der Waals surface area contributed by atoms with Crippen molar-refractivity contribution in [1.29, 1.82) is 0 Å². The van der Waals surface area contributed by atoms with E-state index >= 15 is 0 Å². The van der Waals surface area contributed by atoms with Crippen molar-refractivity contribution >= 4 is 5.91 Å². The van der Waals surface area contributed by atoms with Crippen LogP contribution in [0.4, 0.5) is 0 Å². The Kier molecular flexibility index (Phi) is 4.29. The highest BCUT2D eigenvalue weighted by Gasteiger charge is 2.33. The predicted molar refractivity (Wildman–Crippen MR) is 52.0 cm³/mol. The zero-order valence-corrected chi connectivity index (χ0v) is 8.98. The van der Waals surface area contributed by atoms with Crippen LogP contribution < -0.4 is 0 Å². The predicted octanol–water partition coefficient (Wildman–Crippen LogP) is 2.29. The van der Waals surface area contributed by atoms with Gasteiger partial charge in [-0.25, -0.2) is 0 Å². The van der Waals surface area contributed by atoms with Gasteiger partial charge in [-0.3, -0.25) is 4.79 Å². The molecular formula is C10H21NO. The Morgan fingerprint density at radius 1 is 1.08 bits per heavy atom. The Labute approximate surface area is 75.9 Å². The molecule has 0 aliphatic carbocycles. The molecule has 0 aromatic rings. The summed E-state index contributed by atoms with van der Waals surface area (Å²) in [6.07, 6.45) is 2.82. The van der Waals surface area contributed by atoms with Crippen molar-refractivity contribution < 1.29 is 4.79 Å². The van der Waals surface area contributed by atoms with Gasteiger partial charge in [0.25, 0.3) is 0 Å². The minimum absolute atomic E-state index is 0.108. The summed E-state index contributed by atoms with van der Waals surface area (Å²) in [6.45, 7) is 6.28. The number of amides is 1. The number of carbonyl (C=O) groups excluding carboxylic acids is 1. The van der Waals surface area contributed by atoms with Gasteiger partial charge in [0.2, 0.25) is 5.91 Å². The fraction of sp³-hybridized carbons (Fsp3) is 0.900. The van der Waals surface area contributed by atoms with Gasteiger partial charge in [0.15, 0.2) is 0 Å². The molecule has 0 radical (unpaired) electrons. The van der Waals surface area contributed by atoms with Crippen LogP contribution in [0.3, 0.4) is 0 Å². The van der Waals surface area contributed by atoms with Gasteiger partial charge in [-0.1, -0.05) is 20.8 Å². The van der Waals surface area contributed by atoms with E-state index in [0.29, 0.717) is 0 Å². The highest BCUT2D eigenvalue weighted by molar-refractivity contribution is 5.82. The summed E-state index contributed by atoms with van der Waals surface area (Å²) in [7, 11) is 3.66. The number of hydrogen-bond acceptors (Lipinski definition) is 1. The van der Waals surface area contributed by atoms with Crippen molar-refractivity contribution in [3.05, 3.63) is 0 Å². The molecule has 0 bridgehead atoms. The third kappa shape index (κ3) is 1.99. The SMILES string of the molecule is CCC(CC)(CC)C(=O)N(C)C. The summed E-state index contributed by atoms with van der Waals surface area (Å²) in [5.74, 6) is 0.273. The van der Waals surface area contributed by atoms with Crippen LogP contribution in [-0.2, 0) is 4.79 Å². The standard InChI is InChI=1S/C10H21NO/c1-6-10(7-2,8-3)9(12)11(4)5/h6-8H2,1-5H3. The molecule has 0 saturated carbocycles. The fourth-order valence-corrected chi connectivity index (χ4v) is 1.68. The zero-order chi connectivity index (χ0) is 9.78. The Bertz CT molecular complexity index is 140. The fourth-order valence-electron chi connectivity index (χ4n) is 1.68. The molecule has 2 heteroatoms. The summed E-state index contributed by atoms with van der Waals surface area (Å²) in [5, 5.41) is 0. The van der Waals surface area contributed by atoms with Crippen molar-refractivity contribution in [1.82, 2.24) is 4.90 Å². The van der Waals surface area contributed by atoms with E-state index in [1.807, 2.05) is 14.1 Å². The number of rotatable bonds is 4. The molecule has 0 saturated heterocycles. The van der Waals surface area contributed by atoms with E-state index in [2.05, 4.69) is 20.8 Å². The molecule has 0 aliphatic heterocycles. The molecule has 0 N–H and O–H groups in total. The molecule has 0 unspecified atom stereocenters. The van der Waals surface area contributed by atoms with Gasteiger partial charge in [-0.05, 0) is 19.3 Å². The van der Waals surface area contributed by atoms with Gasteiger partial charge < -0.3 is 4.90 Å². The molecule has 0 aliphatic rings. The van der Waals surface area contributed by atoms with E-state index in [0.717, 1.165) is 19.3 Å². The Morgan fingerprint density at radius 3 is 1.50 bits per heavy atom. The van der Waals surface area contributed by atoms with Gasteiger partial charge in [0.05, 0.1) is 0 Å². The molecule has 0 heterocycles. The van der Waals surface area contributed by atoms with Gasteiger partial charge in [0.1, 0.15) is 0 Å². The van der Waals surface area contributed by atoms with Crippen molar-refractivity contribution in [2.24, 2.45) is 5.41 Å². The summed E-state index contributed by atoms with van der Waals surface area (Å²) < 4.78 is 0. The highest BCUT2D eigenvalue weighted by atomic mass is 16.2. The quantitative estimate of drug-likeness (QED) is 0.635. The van der Waals surface area contributed by atoms with Crippen LogP contribution in [0, 0.1) is 5.41 Å². The maximum atomic E-state index is 11.8. The average molecular weight is 171 g/mol. The molecule has 0 rings (SSSR count). The van der Waals surface area contributed by atoms with E-state index in [1.165, 1.54) is 0 Å². The molecule has 0 spiro atoms. The van der Waals surface area contributed by atoms with Crippen LogP contribution >= 0.6 is 0 Å². The second-order valence-electron chi connectivity index (χ2n) is 3.54. The average Bonchev–Trinajstić information content (AvgIpc) is 2.08. The lowest BCUT2D eigenvalue weighted by atomic mass is 9.78. The van der Waals surface area contributed by atoms with E-state index < -0.39 is 0 Å². The first-order chi connectivity index (χ1) is 5.54. The molecule has 0 fully saturated rings. The minimum atomic E-state index is -0.108. The third-order valence-electron chi connectivity index (χ3n) is 2.89. The first-order valence-electron chi connectivity index (χ1n) is 4.75. The maximum absolute atomic E-state index is 11.8. The lowest BCUT2D eigenvalue weighted by Gasteiger charge is -2.31. The largest absolute Gasteiger partial charge is 0.348 e. The third-order valence-corrected chi connectivity index (χ3v) is 2.89. The second-order valence-corrected chi connectivity index (χ2v) is 3.54. The number of carbonyl (C=O) groups is 1. The normalized spacial score (nSPS) is 11.4. The van der Waals surface area contributed by atoms with E-state index in [4.69, 9.17) is 0 Å². The van der Waals surface area contributed by atoms with Gasteiger partial charge in [0, 0.05) is 19.5 Å². The highest BCUT2D eigenvalue weighted by Crippen LogP contribution is 2.31. The van der Waals surface area contributed by atoms with E-state index in [-0.39, 0.29) is 11.3 Å². The molecule has 72 valence electrons. The summed E-state index contributed by atoms with van der Waals surface area (Å²) >= 11 is 0. The van der Waals surface area contributed by atoms with Gasteiger partial charge in [-0.15, -0.1) is 0 Å². The number of nitrogens with zero attached hydrogens (tertiary/aromatic N) is 1. The Balaban J connectivity index is 4.59. The van der Waals surface area contributed by atoms with Crippen LogP contribution in [0.2, 0.25) is 0 Å². The zero-order valence-electron chi connectivity index (χ0n) is 8.98. The van der Waals surface area contributed by atoms with E-state index in [1.54, 1.807) is 4.90 Å². The first-order valence-corrected chi connectivity index (χ1v) is 4.75. The lowest BCUT2D eigenvalue weighted by molar-refractivity contribution is -0.140. The smallest absolute Gasteiger partial charge is 0.228 e. The molecule has 0 atom stereocenters. The molecule has 0 aromatic carbocycles. The van der Waals surface area contributed by atoms with Crippen LogP contribution in [0.25, 0.3) is 0 Å². The maximum Gasteiger partial charge on any atom is 0.228 e. The van der Waals surface area contributed by atoms with Crippen molar-refractivity contribution in [2.45, 2.75) is 40.0 Å². The molecule has 2 nitrogen and oxygen atoms in total. The molecule has 12 heavy (non-hydrogen) atoms. The van der Waals surface area contributed by atoms with Crippen LogP contribution in [0.15, 0.2) is 0 Å². The van der Waals surface area contributed by atoms with Gasteiger partial charge in [-0.2, -0.15) is 0 Å². The second kappa shape index (κ2) is 4.48. The van der Waals surface area contributed by atoms with Crippen molar-refractivity contribution in [2.75, 3.05) is 14.1 Å². The lowest BCUT2D eigenvalue weighted by Crippen LogP contribution is -2.39. The topological polar surface area (TPSA) is 20.3 Å². The monoisotopic (exact) mass is 171 g/mol. The van der Waals surface area contributed by atoms with E-state index in [9.17, 15) is 4.79 Å². The Morgan fingerprint density at radius 2 is 1.42 bits per heavy atom. The minimum Gasteiger partial charge on any atom is -0.348 e. The van der Waals surface area contributed by atoms with Gasteiger partial charge >= 0.3 is 0 Å². The first kappa shape index (κ1) is 11.5. The summed E-state index contributed by atoms with van der Waals surface area (Å²) in [5.41, 5.74) is -0.108. The summed E-state index contributed by atoms with van der Waals surface area (Å²) in [4.78, 5) is 13.5. The Hall–Kier alpha value is -0.530. The molecule has 0 aromatic heterocycles. The van der Waals surface area contributed by atoms with Crippen molar-refractivity contribution in [3.8, 4) is 0 Å². The van der Waals surface area contributed by atoms with Crippen LogP contribution in [0.5, 0.6) is 0 Å². The van der Waals surface area contributed by atoms with Crippen molar-refractivity contribution in [3.63, 3.8) is 0 Å². The molecular weight excluding hydrogens is 150 g/mol. The van der Waals surface area contributed by atoms with Crippen LogP contribution in [-0.4, -0.2) is 24.9 Å².